The second-order valence-corrected chi connectivity index (χ2v) is 8.07. The van der Waals surface area contributed by atoms with Crippen LogP contribution in [0.1, 0.15) is 29.8 Å². The fourth-order valence-electron chi connectivity index (χ4n) is 3.38. The molecule has 1 N–H and O–H groups in total. The number of fused-ring (bicyclic) bond motifs is 1. The van der Waals surface area contributed by atoms with E-state index < -0.39 is 0 Å². The van der Waals surface area contributed by atoms with E-state index in [2.05, 4.69) is 5.32 Å². The normalized spacial score (nSPS) is 12.9. The number of nitrogens with zero attached hydrogens (tertiary/aromatic N) is 2. The molecule has 31 heavy (non-hydrogen) atoms. The lowest BCUT2D eigenvalue weighted by atomic mass is 10.1. The number of carbonyl (C=O) groups is 3. The summed E-state index contributed by atoms with van der Waals surface area (Å²) in [5.74, 6) is 0.475. The van der Waals surface area contributed by atoms with Gasteiger partial charge in [0.1, 0.15) is 12.3 Å². The molecule has 3 amide bonds. The average Bonchev–Trinajstić information content (AvgIpc) is 2.80. The molecule has 0 atom stereocenters. The summed E-state index contributed by atoms with van der Waals surface area (Å²) < 4.78 is 5.20. The number of thioether (sulfide) groups is 1. The minimum atomic E-state index is -0.269. The van der Waals surface area contributed by atoms with Crippen molar-refractivity contribution in [3.63, 3.8) is 0 Å². The predicted molar refractivity (Wildman–Crippen MR) is 122 cm³/mol. The molecule has 1 aliphatic rings. The Morgan fingerprint density at radius 1 is 1.16 bits per heavy atom. The van der Waals surface area contributed by atoms with Crippen molar-refractivity contribution in [3.05, 3.63) is 53.6 Å². The van der Waals surface area contributed by atoms with Crippen molar-refractivity contribution in [2.45, 2.75) is 25.3 Å². The minimum Gasteiger partial charge on any atom is -0.497 e. The van der Waals surface area contributed by atoms with E-state index in [-0.39, 0.29) is 30.0 Å². The van der Waals surface area contributed by atoms with Gasteiger partial charge in [0.2, 0.25) is 11.8 Å². The van der Waals surface area contributed by atoms with Gasteiger partial charge in [0.05, 0.1) is 18.6 Å². The molecule has 0 saturated heterocycles. The van der Waals surface area contributed by atoms with E-state index in [1.165, 1.54) is 16.7 Å². The van der Waals surface area contributed by atoms with Gasteiger partial charge in [-0.1, -0.05) is 12.1 Å². The van der Waals surface area contributed by atoms with Crippen molar-refractivity contribution in [2.75, 3.05) is 37.4 Å². The molecule has 8 heteroatoms. The predicted octanol–water partition coefficient (Wildman–Crippen LogP) is 2.93. The van der Waals surface area contributed by atoms with E-state index in [9.17, 15) is 14.4 Å². The van der Waals surface area contributed by atoms with Crippen LogP contribution in [0, 0.1) is 0 Å². The van der Waals surface area contributed by atoms with Gasteiger partial charge in [0.15, 0.2) is 0 Å². The molecule has 0 spiro atoms. The molecule has 1 heterocycles. The molecule has 3 rings (SSSR count). The zero-order valence-corrected chi connectivity index (χ0v) is 18.8. The molecule has 0 saturated carbocycles. The number of hydrogen-bond donors (Lipinski definition) is 1. The molecule has 0 unspecified atom stereocenters. The second-order valence-electron chi connectivity index (χ2n) is 7.06. The fraction of sp³-hybridized carbons (Fsp3) is 0.348. The highest BCUT2D eigenvalue weighted by atomic mass is 32.2. The maximum absolute atomic E-state index is 12.7. The van der Waals surface area contributed by atoms with Gasteiger partial charge in [-0.25, -0.2) is 0 Å². The number of anilines is 1. The number of methoxy groups -OCH3 is 1. The molecule has 0 bridgehead atoms. The Bertz CT molecular complexity index is 975. The number of carbonyl (C=O) groups excluding carboxylic acids is 3. The van der Waals surface area contributed by atoms with E-state index >= 15 is 0 Å². The fourth-order valence-corrected chi connectivity index (χ4v) is 4.30. The van der Waals surface area contributed by atoms with Crippen molar-refractivity contribution in [2.24, 2.45) is 0 Å². The Kier molecular flexibility index (Phi) is 7.57. The van der Waals surface area contributed by atoms with Crippen molar-refractivity contribution in [1.29, 1.82) is 0 Å². The van der Waals surface area contributed by atoms with Crippen LogP contribution in [0.5, 0.6) is 5.75 Å². The monoisotopic (exact) mass is 441 g/mol. The molecule has 7 nitrogen and oxygen atoms in total. The van der Waals surface area contributed by atoms with Crippen LogP contribution in [-0.4, -0.2) is 55.1 Å². The summed E-state index contributed by atoms with van der Waals surface area (Å²) in [6.45, 7) is 5.31. The lowest BCUT2D eigenvalue weighted by molar-refractivity contribution is -0.123. The van der Waals surface area contributed by atoms with Crippen LogP contribution in [0.2, 0.25) is 0 Å². The molecule has 0 radical (unpaired) electrons. The Labute approximate surface area is 186 Å². The molecule has 0 aliphatic carbocycles. The molecular weight excluding hydrogens is 414 g/mol. The standard InChI is InChI=1S/C23H27N3O4S/c1-4-25(5-2)23(29)17-9-10-20-19(12-17)26(22(28)15-31-20)14-21(27)24-13-16-7-6-8-18(11-16)30-3/h6-12H,4-5,13-15H2,1-3H3,(H,24,27). The van der Waals surface area contributed by atoms with Crippen LogP contribution in [0.15, 0.2) is 47.4 Å². The van der Waals surface area contributed by atoms with Crippen LogP contribution in [0.25, 0.3) is 0 Å². The lowest BCUT2D eigenvalue weighted by Crippen LogP contribution is -2.43. The topological polar surface area (TPSA) is 79.0 Å². The van der Waals surface area contributed by atoms with Crippen LogP contribution in [0.3, 0.4) is 0 Å². The molecule has 0 fully saturated rings. The van der Waals surface area contributed by atoms with Gasteiger partial charge >= 0.3 is 0 Å². The van der Waals surface area contributed by atoms with Crippen LogP contribution >= 0.6 is 11.8 Å². The quantitative estimate of drug-likeness (QED) is 0.682. The van der Waals surface area contributed by atoms with Gasteiger partial charge in [0.25, 0.3) is 5.91 Å². The summed E-state index contributed by atoms with van der Waals surface area (Å²) in [6, 6.07) is 12.8. The number of benzene rings is 2. The molecular formula is C23H27N3O4S. The smallest absolute Gasteiger partial charge is 0.253 e. The summed E-state index contributed by atoms with van der Waals surface area (Å²) in [5, 5.41) is 2.85. The van der Waals surface area contributed by atoms with E-state index in [1.54, 1.807) is 24.1 Å². The molecule has 164 valence electrons. The summed E-state index contributed by atoms with van der Waals surface area (Å²) in [5.41, 5.74) is 2.02. The summed E-state index contributed by atoms with van der Waals surface area (Å²) in [6.07, 6.45) is 0. The Morgan fingerprint density at radius 3 is 2.65 bits per heavy atom. The third kappa shape index (κ3) is 5.38. The number of amides is 3. The van der Waals surface area contributed by atoms with Gasteiger partial charge in [-0.2, -0.15) is 0 Å². The zero-order valence-electron chi connectivity index (χ0n) is 18.0. The largest absolute Gasteiger partial charge is 0.497 e. The van der Waals surface area contributed by atoms with Crippen LogP contribution in [0.4, 0.5) is 5.69 Å². The molecule has 2 aromatic carbocycles. The van der Waals surface area contributed by atoms with Crippen molar-refractivity contribution in [1.82, 2.24) is 10.2 Å². The average molecular weight is 442 g/mol. The first-order valence-corrected chi connectivity index (χ1v) is 11.2. The first-order valence-electron chi connectivity index (χ1n) is 10.2. The summed E-state index contributed by atoms with van der Waals surface area (Å²) in [4.78, 5) is 42.0. The number of ether oxygens (including phenoxy) is 1. The van der Waals surface area contributed by atoms with Gasteiger partial charge in [-0.15, -0.1) is 11.8 Å². The van der Waals surface area contributed by atoms with Gasteiger partial charge in [-0.05, 0) is 49.7 Å². The maximum Gasteiger partial charge on any atom is 0.253 e. The third-order valence-corrected chi connectivity index (χ3v) is 6.17. The first kappa shape index (κ1) is 22.7. The van der Waals surface area contributed by atoms with Crippen molar-refractivity contribution >= 4 is 35.2 Å². The highest BCUT2D eigenvalue weighted by Crippen LogP contribution is 2.36. The third-order valence-electron chi connectivity index (χ3n) is 5.13. The van der Waals surface area contributed by atoms with Crippen molar-refractivity contribution < 1.29 is 19.1 Å². The Balaban J connectivity index is 1.74. The summed E-state index contributed by atoms with van der Waals surface area (Å²) in [7, 11) is 1.59. The van der Waals surface area contributed by atoms with Gasteiger partial charge in [-0.3, -0.25) is 14.4 Å². The maximum atomic E-state index is 12.7. The van der Waals surface area contributed by atoms with Gasteiger partial charge in [0, 0.05) is 30.1 Å². The van der Waals surface area contributed by atoms with E-state index in [1.807, 2.05) is 44.2 Å². The number of rotatable bonds is 8. The highest BCUT2D eigenvalue weighted by molar-refractivity contribution is 8.00. The second kappa shape index (κ2) is 10.3. The molecule has 1 aliphatic heterocycles. The number of hydrogen-bond acceptors (Lipinski definition) is 5. The SMILES string of the molecule is CCN(CC)C(=O)c1ccc2c(c1)N(CC(=O)NCc1cccc(OC)c1)C(=O)CS2. The van der Waals surface area contributed by atoms with E-state index in [0.717, 1.165) is 10.5 Å². The van der Waals surface area contributed by atoms with Crippen LogP contribution in [-0.2, 0) is 16.1 Å². The van der Waals surface area contributed by atoms with Crippen molar-refractivity contribution in [3.8, 4) is 5.75 Å². The van der Waals surface area contributed by atoms with Crippen LogP contribution < -0.4 is 15.0 Å². The first-order chi connectivity index (χ1) is 15.0. The highest BCUT2D eigenvalue weighted by Gasteiger charge is 2.28. The lowest BCUT2D eigenvalue weighted by Gasteiger charge is -2.29. The Hall–Kier alpha value is -3.00. The van der Waals surface area contributed by atoms with Gasteiger partial charge < -0.3 is 19.9 Å². The number of nitrogens with one attached hydrogen (secondary N) is 1. The molecule has 0 aromatic heterocycles. The summed E-state index contributed by atoms with van der Waals surface area (Å²) >= 11 is 1.42. The van der Waals surface area contributed by atoms with E-state index in [4.69, 9.17) is 4.74 Å². The Morgan fingerprint density at radius 2 is 1.94 bits per heavy atom. The minimum absolute atomic E-state index is 0.0850. The zero-order chi connectivity index (χ0) is 22.4. The molecule has 2 aromatic rings. The van der Waals surface area contributed by atoms with E-state index in [0.29, 0.717) is 36.6 Å².